The van der Waals surface area contributed by atoms with Gasteiger partial charge in [-0.2, -0.15) is 0 Å². The number of benzene rings is 2. The van der Waals surface area contributed by atoms with Gasteiger partial charge in [0.25, 0.3) is 0 Å². The predicted molar refractivity (Wildman–Crippen MR) is 113 cm³/mol. The number of nitrogens with two attached hydrogens (primary N) is 1. The normalized spacial score (nSPS) is 16.6. The number of hydrogen-bond acceptors (Lipinski definition) is 3. The molecule has 1 saturated heterocycles. The summed E-state index contributed by atoms with van der Waals surface area (Å²) in [6.07, 6.45) is 1.33. The number of hydrogen-bond donors (Lipinski definition) is 2. The minimum absolute atomic E-state index is 0. The minimum Gasteiger partial charge on any atom is -0.352 e. The van der Waals surface area contributed by atoms with Crippen LogP contribution in [0.4, 0.5) is 0 Å². The zero-order chi connectivity index (χ0) is 19.3. The van der Waals surface area contributed by atoms with E-state index in [1.807, 2.05) is 60.7 Å². The number of piperidine rings is 1. The molecule has 2 aromatic rings. The number of carbonyl (C=O) groups is 2. The second kappa shape index (κ2) is 9.71. The van der Waals surface area contributed by atoms with Gasteiger partial charge in [-0.3, -0.25) is 9.59 Å². The highest BCUT2D eigenvalue weighted by molar-refractivity contribution is 5.87. The smallest absolute Gasteiger partial charge is 0.246 e. The lowest BCUT2D eigenvalue weighted by Crippen LogP contribution is -2.53. The summed E-state index contributed by atoms with van der Waals surface area (Å²) in [4.78, 5) is 27.1. The van der Waals surface area contributed by atoms with Gasteiger partial charge in [-0.05, 0) is 30.9 Å². The first kappa shape index (κ1) is 21.9. The van der Waals surface area contributed by atoms with Gasteiger partial charge < -0.3 is 16.0 Å². The molecule has 6 heteroatoms. The van der Waals surface area contributed by atoms with Crippen molar-refractivity contribution in [1.82, 2.24) is 10.2 Å². The largest absolute Gasteiger partial charge is 0.352 e. The molecular formula is C22H28ClN3O2. The molecule has 5 nitrogen and oxygen atoms in total. The third kappa shape index (κ3) is 5.12. The first-order chi connectivity index (χ1) is 13.0. The Morgan fingerprint density at radius 3 is 2.14 bits per heavy atom. The SMILES string of the molecule is CC(N)(C(=O)N1CCC(C(=O)NCc2ccccc2)CC1)c1ccccc1.Cl. The first-order valence-corrected chi connectivity index (χ1v) is 9.44. The zero-order valence-corrected chi connectivity index (χ0v) is 17.0. The number of carbonyl (C=O) groups excluding carboxylic acids is 2. The van der Waals surface area contributed by atoms with Crippen LogP contribution in [-0.2, 0) is 21.7 Å². The van der Waals surface area contributed by atoms with Crippen LogP contribution in [0.2, 0.25) is 0 Å². The molecule has 3 rings (SSSR count). The van der Waals surface area contributed by atoms with Crippen LogP contribution in [0.1, 0.15) is 30.9 Å². The fourth-order valence-electron chi connectivity index (χ4n) is 3.51. The van der Waals surface area contributed by atoms with Crippen molar-refractivity contribution in [2.24, 2.45) is 11.7 Å². The first-order valence-electron chi connectivity index (χ1n) is 9.44. The molecule has 150 valence electrons. The quantitative estimate of drug-likeness (QED) is 0.808. The van der Waals surface area contributed by atoms with E-state index in [0.717, 1.165) is 11.1 Å². The van der Waals surface area contributed by atoms with E-state index >= 15 is 0 Å². The van der Waals surface area contributed by atoms with Crippen molar-refractivity contribution in [2.75, 3.05) is 13.1 Å². The number of nitrogens with one attached hydrogen (secondary N) is 1. The van der Waals surface area contributed by atoms with E-state index in [1.165, 1.54) is 0 Å². The highest BCUT2D eigenvalue weighted by Gasteiger charge is 2.36. The summed E-state index contributed by atoms with van der Waals surface area (Å²) >= 11 is 0. The second-order valence-corrected chi connectivity index (χ2v) is 7.34. The van der Waals surface area contributed by atoms with Crippen molar-refractivity contribution in [2.45, 2.75) is 31.8 Å². The summed E-state index contributed by atoms with van der Waals surface area (Å²) in [7, 11) is 0. The van der Waals surface area contributed by atoms with E-state index in [4.69, 9.17) is 5.73 Å². The molecule has 3 N–H and O–H groups in total. The van der Waals surface area contributed by atoms with E-state index in [2.05, 4.69) is 5.32 Å². The van der Waals surface area contributed by atoms with Gasteiger partial charge in [0.15, 0.2) is 0 Å². The van der Waals surface area contributed by atoms with Crippen molar-refractivity contribution in [1.29, 1.82) is 0 Å². The molecule has 1 fully saturated rings. The summed E-state index contributed by atoms with van der Waals surface area (Å²) in [5.74, 6) is -0.0834. The second-order valence-electron chi connectivity index (χ2n) is 7.34. The summed E-state index contributed by atoms with van der Waals surface area (Å²) < 4.78 is 0. The van der Waals surface area contributed by atoms with Crippen LogP contribution in [0.15, 0.2) is 60.7 Å². The topological polar surface area (TPSA) is 75.4 Å². The summed E-state index contributed by atoms with van der Waals surface area (Å²) in [5, 5.41) is 3.00. The Kier molecular flexibility index (Phi) is 7.61. The highest BCUT2D eigenvalue weighted by Crippen LogP contribution is 2.24. The maximum atomic E-state index is 12.9. The maximum Gasteiger partial charge on any atom is 0.246 e. The van der Waals surface area contributed by atoms with Crippen LogP contribution in [0.25, 0.3) is 0 Å². The minimum atomic E-state index is -1.05. The molecule has 28 heavy (non-hydrogen) atoms. The van der Waals surface area contributed by atoms with Gasteiger partial charge in [0, 0.05) is 25.6 Å². The Bertz CT molecular complexity index is 773. The molecule has 1 unspecified atom stereocenters. The molecule has 0 saturated carbocycles. The Morgan fingerprint density at radius 2 is 1.57 bits per heavy atom. The fourth-order valence-corrected chi connectivity index (χ4v) is 3.51. The molecule has 1 heterocycles. The van der Waals surface area contributed by atoms with E-state index < -0.39 is 5.54 Å². The number of amides is 2. The van der Waals surface area contributed by atoms with Crippen LogP contribution in [-0.4, -0.2) is 29.8 Å². The van der Waals surface area contributed by atoms with E-state index in [1.54, 1.807) is 11.8 Å². The molecule has 0 aliphatic carbocycles. The molecule has 1 aliphatic rings. The van der Waals surface area contributed by atoms with Crippen LogP contribution < -0.4 is 11.1 Å². The molecular weight excluding hydrogens is 374 g/mol. The summed E-state index contributed by atoms with van der Waals surface area (Å²) in [6.45, 7) is 3.40. The molecule has 2 amide bonds. The van der Waals surface area contributed by atoms with Gasteiger partial charge in [-0.1, -0.05) is 60.7 Å². The molecule has 0 aromatic heterocycles. The molecule has 1 atom stereocenters. The number of halogens is 1. The van der Waals surface area contributed by atoms with Crippen molar-refractivity contribution in [3.63, 3.8) is 0 Å². The maximum absolute atomic E-state index is 12.9. The van der Waals surface area contributed by atoms with Crippen LogP contribution >= 0.6 is 12.4 Å². The average molecular weight is 402 g/mol. The van der Waals surface area contributed by atoms with Gasteiger partial charge >= 0.3 is 0 Å². The van der Waals surface area contributed by atoms with Crippen LogP contribution in [0.3, 0.4) is 0 Å². The lowest BCUT2D eigenvalue weighted by atomic mass is 9.89. The number of rotatable bonds is 5. The monoisotopic (exact) mass is 401 g/mol. The van der Waals surface area contributed by atoms with Crippen molar-refractivity contribution in [3.05, 3.63) is 71.8 Å². The summed E-state index contributed by atoms with van der Waals surface area (Å²) in [6, 6.07) is 19.3. The van der Waals surface area contributed by atoms with E-state index in [9.17, 15) is 9.59 Å². The Labute approximate surface area is 172 Å². The predicted octanol–water partition coefficient (Wildman–Crippen LogP) is 2.84. The third-order valence-corrected chi connectivity index (χ3v) is 5.28. The Balaban J connectivity index is 0.00000280. The molecule has 0 bridgehead atoms. The van der Waals surface area contributed by atoms with Crippen molar-refractivity contribution >= 4 is 24.2 Å². The fraction of sp³-hybridized carbons (Fsp3) is 0.364. The van der Waals surface area contributed by atoms with Crippen molar-refractivity contribution < 1.29 is 9.59 Å². The molecule has 2 aromatic carbocycles. The van der Waals surface area contributed by atoms with Crippen molar-refractivity contribution in [3.8, 4) is 0 Å². The number of likely N-dealkylation sites (tertiary alicyclic amines) is 1. The zero-order valence-electron chi connectivity index (χ0n) is 16.1. The van der Waals surface area contributed by atoms with E-state index in [-0.39, 0.29) is 30.1 Å². The lowest BCUT2D eigenvalue weighted by molar-refractivity contribution is -0.140. The number of nitrogens with zero attached hydrogens (tertiary/aromatic N) is 1. The Morgan fingerprint density at radius 1 is 1.04 bits per heavy atom. The van der Waals surface area contributed by atoms with Crippen LogP contribution in [0.5, 0.6) is 0 Å². The van der Waals surface area contributed by atoms with Gasteiger partial charge in [0.1, 0.15) is 5.54 Å². The van der Waals surface area contributed by atoms with Gasteiger partial charge in [0.05, 0.1) is 0 Å². The molecule has 0 radical (unpaired) electrons. The van der Waals surface area contributed by atoms with Gasteiger partial charge in [-0.15, -0.1) is 12.4 Å². The standard InChI is InChI=1S/C22H27N3O2.ClH/c1-22(23,19-10-6-3-7-11-19)21(27)25-14-12-18(13-15-25)20(26)24-16-17-8-4-2-5-9-17;/h2-11,18H,12-16,23H2,1H3,(H,24,26);1H. The molecule has 1 aliphatic heterocycles. The third-order valence-electron chi connectivity index (χ3n) is 5.28. The van der Waals surface area contributed by atoms with Gasteiger partial charge in [0.2, 0.25) is 11.8 Å². The average Bonchev–Trinajstić information content (AvgIpc) is 2.73. The van der Waals surface area contributed by atoms with Crippen LogP contribution in [0, 0.1) is 5.92 Å². The lowest BCUT2D eigenvalue weighted by Gasteiger charge is -2.36. The Hall–Kier alpha value is -2.37. The van der Waals surface area contributed by atoms with E-state index in [0.29, 0.717) is 32.5 Å². The molecule has 0 spiro atoms. The summed E-state index contributed by atoms with van der Waals surface area (Å²) in [5.41, 5.74) is 7.18. The van der Waals surface area contributed by atoms with Gasteiger partial charge in [-0.25, -0.2) is 0 Å². The highest BCUT2D eigenvalue weighted by atomic mass is 35.5.